The van der Waals surface area contributed by atoms with E-state index in [0.717, 1.165) is 0 Å². The van der Waals surface area contributed by atoms with Crippen LogP contribution in [0.4, 0.5) is 5.82 Å². The molecule has 1 aromatic rings. The van der Waals surface area contributed by atoms with Gasteiger partial charge in [-0.15, -0.1) is 0 Å². The van der Waals surface area contributed by atoms with Gasteiger partial charge in [0.05, 0.1) is 20.8 Å². The number of hydrogen-bond acceptors (Lipinski definition) is 7. The molecule has 0 fully saturated rings. The molecule has 1 rings (SSSR count). The molecule has 18 heavy (non-hydrogen) atoms. The fourth-order valence-electron chi connectivity index (χ4n) is 1.03. The summed E-state index contributed by atoms with van der Waals surface area (Å²) >= 11 is 0. The number of nitrogens with one attached hydrogen (secondary N) is 1. The Bertz CT molecular complexity index is 427. The third kappa shape index (κ3) is 3.58. The molecule has 0 aliphatic rings. The molecule has 0 spiro atoms. The lowest BCUT2D eigenvalue weighted by Gasteiger charge is -2.07. The number of rotatable bonds is 4. The molecule has 1 heterocycles. The van der Waals surface area contributed by atoms with Crippen molar-refractivity contribution in [2.45, 2.75) is 6.92 Å². The molecule has 0 atom stereocenters. The second-order valence-electron chi connectivity index (χ2n) is 2.96. The third-order valence-corrected chi connectivity index (χ3v) is 1.78. The van der Waals surface area contributed by atoms with Crippen molar-refractivity contribution in [1.82, 2.24) is 9.97 Å². The van der Waals surface area contributed by atoms with E-state index in [2.05, 4.69) is 20.0 Å². The summed E-state index contributed by atoms with van der Waals surface area (Å²) < 4.78 is 14.2. The molecule has 0 unspecified atom stereocenters. The fraction of sp³-hybridized carbons (Fsp3) is 0.400. The van der Waals surface area contributed by atoms with Gasteiger partial charge in [0, 0.05) is 6.07 Å². The standard InChI is InChI=1S/C10H13N3O5/c1-4-18-9(15)8(14)11-6-5-7(16-2)13-10(12-6)17-3/h5H,4H2,1-3H3,(H,11,12,13,14). The Morgan fingerprint density at radius 2 is 2.00 bits per heavy atom. The Balaban J connectivity index is 2.83. The molecule has 0 aliphatic carbocycles. The lowest BCUT2D eigenvalue weighted by Crippen LogP contribution is -2.25. The molecule has 0 bridgehead atoms. The summed E-state index contributed by atoms with van der Waals surface area (Å²) in [6, 6.07) is 1.35. The van der Waals surface area contributed by atoms with Crippen LogP contribution in [0.1, 0.15) is 6.92 Å². The van der Waals surface area contributed by atoms with Crippen LogP contribution < -0.4 is 14.8 Å². The number of esters is 1. The maximum atomic E-state index is 11.4. The van der Waals surface area contributed by atoms with Crippen molar-refractivity contribution in [1.29, 1.82) is 0 Å². The maximum absolute atomic E-state index is 11.4. The number of nitrogens with zero attached hydrogens (tertiary/aromatic N) is 2. The van der Waals surface area contributed by atoms with Crippen LogP contribution >= 0.6 is 0 Å². The molecule has 0 saturated heterocycles. The highest BCUT2D eigenvalue weighted by Gasteiger charge is 2.16. The van der Waals surface area contributed by atoms with Gasteiger partial charge in [0.25, 0.3) is 0 Å². The summed E-state index contributed by atoms with van der Waals surface area (Å²) in [5.41, 5.74) is 0. The monoisotopic (exact) mass is 255 g/mol. The molecule has 0 aliphatic heterocycles. The van der Waals surface area contributed by atoms with Crippen LogP contribution in [0.15, 0.2) is 6.07 Å². The Morgan fingerprint density at radius 1 is 1.28 bits per heavy atom. The van der Waals surface area contributed by atoms with E-state index in [1.54, 1.807) is 6.92 Å². The van der Waals surface area contributed by atoms with E-state index in [1.165, 1.54) is 20.3 Å². The summed E-state index contributed by atoms with van der Waals surface area (Å²) in [6.45, 7) is 1.71. The number of amides is 1. The van der Waals surface area contributed by atoms with Gasteiger partial charge in [-0.25, -0.2) is 4.79 Å². The van der Waals surface area contributed by atoms with Crippen molar-refractivity contribution in [2.24, 2.45) is 0 Å². The van der Waals surface area contributed by atoms with Gasteiger partial charge >= 0.3 is 17.9 Å². The van der Waals surface area contributed by atoms with E-state index in [9.17, 15) is 9.59 Å². The maximum Gasteiger partial charge on any atom is 0.397 e. The van der Waals surface area contributed by atoms with Gasteiger partial charge in [-0.2, -0.15) is 9.97 Å². The number of carbonyl (C=O) groups is 2. The zero-order valence-corrected chi connectivity index (χ0v) is 10.2. The molecule has 1 N–H and O–H groups in total. The lowest BCUT2D eigenvalue weighted by molar-refractivity contribution is -0.152. The predicted octanol–water partition coefficient (Wildman–Crippen LogP) is -0.00460. The summed E-state index contributed by atoms with van der Waals surface area (Å²) in [7, 11) is 2.77. The zero-order valence-electron chi connectivity index (χ0n) is 10.2. The highest BCUT2D eigenvalue weighted by molar-refractivity contribution is 6.37. The molecular formula is C10H13N3O5. The van der Waals surface area contributed by atoms with Crippen molar-refractivity contribution >= 4 is 17.7 Å². The Labute approximate surface area is 103 Å². The minimum absolute atomic E-state index is 0.00788. The van der Waals surface area contributed by atoms with Gasteiger partial charge in [-0.05, 0) is 6.92 Å². The topological polar surface area (TPSA) is 99.6 Å². The summed E-state index contributed by atoms with van der Waals surface area (Å²) in [5, 5.41) is 2.25. The molecule has 0 aromatic carbocycles. The number of hydrogen-bond donors (Lipinski definition) is 1. The fourth-order valence-corrected chi connectivity index (χ4v) is 1.03. The van der Waals surface area contributed by atoms with Crippen LogP contribution in [-0.2, 0) is 14.3 Å². The Morgan fingerprint density at radius 3 is 2.56 bits per heavy atom. The van der Waals surface area contributed by atoms with Crippen LogP contribution in [-0.4, -0.2) is 42.7 Å². The lowest BCUT2D eigenvalue weighted by atomic mass is 10.5. The molecule has 0 saturated carbocycles. The minimum Gasteiger partial charge on any atom is -0.481 e. The quantitative estimate of drug-likeness (QED) is 0.596. The highest BCUT2D eigenvalue weighted by atomic mass is 16.5. The molecule has 1 amide bonds. The normalized spacial score (nSPS) is 9.50. The predicted molar refractivity (Wildman–Crippen MR) is 60.4 cm³/mol. The first-order chi connectivity index (χ1) is 8.60. The average molecular weight is 255 g/mol. The van der Waals surface area contributed by atoms with E-state index in [0.29, 0.717) is 0 Å². The first-order valence-corrected chi connectivity index (χ1v) is 5.05. The van der Waals surface area contributed by atoms with Gasteiger partial charge in [-0.3, -0.25) is 4.79 Å². The first kappa shape index (κ1) is 13.7. The summed E-state index contributed by atoms with van der Waals surface area (Å²) in [5.74, 6) is -1.65. The van der Waals surface area contributed by atoms with Crippen LogP contribution in [0, 0.1) is 0 Å². The number of anilines is 1. The molecule has 8 heteroatoms. The molecule has 8 nitrogen and oxygen atoms in total. The van der Waals surface area contributed by atoms with Crippen LogP contribution in [0.2, 0.25) is 0 Å². The number of ether oxygens (including phenoxy) is 3. The van der Waals surface area contributed by atoms with Crippen molar-refractivity contribution in [3.63, 3.8) is 0 Å². The van der Waals surface area contributed by atoms with Crippen LogP contribution in [0.3, 0.4) is 0 Å². The largest absolute Gasteiger partial charge is 0.481 e. The van der Waals surface area contributed by atoms with Gasteiger partial charge in [0.1, 0.15) is 5.82 Å². The van der Waals surface area contributed by atoms with Gasteiger partial charge in [-0.1, -0.05) is 0 Å². The van der Waals surface area contributed by atoms with Crippen molar-refractivity contribution in [3.05, 3.63) is 6.07 Å². The number of methoxy groups -OCH3 is 2. The van der Waals surface area contributed by atoms with Crippen molar-refractivity contribution in [2.75, 3.05) is 26.1 Å². The second kappa shape index (κ2) is 6.38. The van der Waals surface area contributed by atoms with E-state index in [-0.39, 0.29) is 24.3 Å². The summed E-state index contributed by atoms with van der Waals surface area (Å²) in [4.78, 5) is 30.2. The second-order valence-corrected chi connectivity index (χ2v) is 2.96. The molecular weight excluding hydrogens is 242 g/mol. The molecule has 1 aromatic heterocycles. The average Bonchev–Trinajstić information content (AvgIpc) is 2.38. The first-order valence-electron chi connectivity index (χ1n) is 5.05. The number of carbonyl (C=O) groups excluding carboxylic acids is 2. The van der Waals surface area contributed by atoms with Crippen molar-refractivity contribution < 1.29 is 23.8 Å². The molecule has 98 valence electrons. The summed E-state index contributed by atoms with van der Waals surface area (Å²) in [6.07, 6.45) is 0. The zero-order chi connectivity index (χ0) is 13.5. The van der Waals surface area contributed by atoms with E-state index < -0.39 is 11.9 Å². The van der Waals surface area contributed by atoms with E-state index >= 15 is 0 Å². The van der Waals surface area contributed by atoms with E-state index in [4.69, 9.17) is 9.47 Å². The SMILES string of the molecule is CCOC(=O)C(=O)Nc1cc(OC)nc(OC)n1. The van der Waals surface area contributed by atoms with E-state index in [1.807, 2.05) is 0 Å². The van der Waals surface area contributed by atoms with Gasteiger partial charge in [0.15, 0.2) is 0 Å². The highest BCUT2D eigenvalue weighted by Crippen LogP contribution is 2.16. The van der Waals surface area contributed by atoms with Crippen LogP contribution in [0.25, 0.3) is 0 Å². The Kier molecular flexibility index (Phi) is 4.85. The third-order valence-electron chi connectivity index (χ3n) is 1.78. The van der Waals surface area contributed by atoms with Gasteiger partial charge in [0.2, 0.25) is 5.88 Å². The van der Waals surface area contributed by atoms with Crippen molar-refractivity contribution in [3.8, 4) is 11.9 Å². The molecule has 0 radical (unpaired) electrons. The van der Waals surface area contributed by atoms with Gasteiger partial charge < -0.3 is 19.5 Å². The van der Waals surface area contributed by atoms with Crippen LogP contribution in [0.5, 0.6) is 11.9 Å². The minimum atomic E-state index is -0.992. The Hall–Kier alpha value is -2.38. The smallest absolute Gasteiger partial charge is 0.397 e. The number of aromatic nitrogens is 2.